The van der Waals surface area contributed by atoms with Crippen molar-refractivity contribution in [3.63, 3.8) is 0 Å². The van der Waals surface area contributed by atoms with Gasteiger partial charge in [-0.05, 0) is 36.4 Å². The lowest BCUT2D eigenvalue weighted by Crippen LogP contribution is -1.96. The van der Waals surface area contributed by atoms with Crippen LogP contribution in [0.2, 0.25) is 5.02 Å². The van der Waals surface area contributed by atoms with Crippen LogP contribution in [-0.4, -0.2) is 16.7 Å². The van der Waals surface area contributed by atoms with Gasteiger partial charge in [0, 0.05) is 28.7 Å². The summed E-state index contributed by atoms with van der Waals surface area (Å²) in [6, 6.07) is 15.5. The van der Waals surface area contributed by atoms with Crippen LogP contribution in [0.25, 0.3) is 17.1 Å². The van der Waals surface area contributed by atoms with Crippen LogP contribution in [-0.2, 0) is 0 Å². The number of aromatic nitrogens is 2. The SMILES string of the molecule is COc1ccc(-n2ccnc2-c2cccc(Cl)c2)cc1. The smallest absolute Gasteiger partial charge is 0.144 e. The van der Waals surface area contributed by atoms with Crippen LogP contribution in [0.5, 0.6) is 5.75 Å². The lowest BCUT2D eigenvalue weighted by Gasteiger charge is -2.09. The summed E-state index contributed by atoms with van der Waals surface area (Å²) in [5, 5.41) is 0.701. The fraction of sp³-hybridized carbons (Fsp3) is 0.0625. The molecule has 0 aliphatic rings. The first-order valence-corrected chi connectivity index (χ1v) is 6.59. The first kappa shape index (κ1) is 12.8. The number of imidazole rings is 1. The predicted octanol–water partition coefficient (Wildman–Crippen LogP) is 4.20. The second kappa shape index (κ2) is 5.39. The van der Waals surface area contributed by atoms with Crippen molar-refractivity contribution in [2.45, 2.75) is 0 Å². The molecular weight excluding hydrogens is 272 g/mol. The minimum Gasteiger partial charge on any atom is -0.497 e. The fourth-order valence-corrected chi connectivity index (χ4v) is 2.29. The molecule has 0 N–H and O–H groups in total. The lowest BCUT2D eigenvalue weighted by atomic mass is 10.2. The van der Waals surface area contributed by atoms with Crippen LogP contribution in [0.1, 0.15) is 0 Å². The van der Waals surface area contributed by atoms with Gasteiger partial charge in [0.25, 0.3) is 0 Å². The maximum Gasteiger partial charge on any atom is 0.144 e. The van der Waals surface area contributed by atoms with Crippen molar-refractivity contribution in [3.05, 3.63) is 65.9 Å². The molecule has 0 bridgehead atoms. The van der Waals surface area contributed by atoms with E-state index in [4.69, 9.17) is 16.3 Å². The van der Waals surface area contributed by atoms with E-state index in [0.717, 1.165) is 22.8 Å². The van der Waals surface area contributed by atoms with Gasteiger partial charge in [-0.15, -0.1) is 0 Å². The van der Waals surface area contributed by atoms with E-state index in [0.29, 0.717) is 5.02 Å². The van der Waals surface area contributed by atoms with Crippen LogP contribution < -0.4 is 4.74 Å². The monoisotopic (exact) mass is 284 g/mol. The number of rotatable bonds is 3. The number of hydrogen-bond donors (Lipinski definition) is 0. The Hall–Kier alpha value is -2.26. The van der Waals surface area contributed by atoms with Crippen molar-refractivity contribution in [1.82, 2.24) is 9.55 Å². The second-order valence-electron chi connectivity index (χ2n) is 4.33. The zero-order valence-electron chi connectivity index (χ0n) is 11.0. The largest absolute Gasteiger partial charge is 0.497 e. The van der Waals surface area contributed by atoms with E-state index in [1.807, 2.05) is 59.3 Å². The summed E-state index contributed by atoms with van der Waals surface area (Å²) in [6.07, 6.45) is 3.71. The Morgan fingerprint density at radius 1 is 1.10 bits per heavy atom. The summed E-state index contributed by atoms with van der Waals surface area (Å²) in [4.78, 5) is 4.42. The first-order chi connectivity index (χ1) is 9.78. The van der Waals surface area contributed by atoms with Crippen molar-refractivity contribution in [2.75, 3.05) is 7.11 Å². The van der Waals surface area contributed by atoms with Gasteiger partial charge in [0.05, 0.1) is 7.11 Å². The maximum atomic E-state index is 6.05. The molecule has 3 rings (SSSR count). The number of benzene rings is 2. The van der Waals surface area contributed by atoms with E-state index in [2.05, 4.69) is 4.98 Å². The molecule has 2 aromatic carbocycles. The minimum atomic E-state index is 0.701. The molecule has 20 heavy (non-hydrogen) atoms. The van der Waals surface area contributed by atoms with Gasteiger partial charge in [0.15, 0.2) is 0 Å². The molecule has 0 saturated heterocycles. The third-order valence-corrected chi connectivity index (χ3v) is 3.31. The molecule has 0 aliphatic heterocycles. The van der Waals surface area contributed by atoms with Gasteiger partial charge in [-0.2, -0.15) is 0 Å². The molecule has 1 aromatic heterocycles. The van der Waals surface area contributed by atoms with Crippen LogP contribution in [0.3, 0.4) is 0 Å². The van der Waals surface area contributed by atoms with E-state index >= 15 is 0 Å². The zero-order chi connectivity index (χ0) is 13.9. The molecule has 0 amide bonds. The first-order valence-electron chi connectivity index (χ1n) is 6.21. The highest BCUT2D eigenvalue weighted by atomic mass is 35.5. The molecule has 0 atom stereocenters. The lowest BCUT2D eigenvalue weighted by molar-refractivity contribution is 0.415. The van der Waals surface area contributed by atoms with E-state index < -0.39 is 0 Å². The summed E-state index contributed by atoms with van der Waals surface area (Å²) in [7, 11) is 1.66. The highest BCUT2D eigenvalue weighted by molar-refractivity contribution is 6.30. The Bertz CT molecular complexity index is 719. The summed E-state index contributed by atoms with van der Waals surface area (Å²) < 4.78 is 7.19. The molecule has 3 aromatic rings. The van der Waals surface area contributed by atoms with Gasteiger partial charge in [0.2, 0.25) is 0 Å². The standard InChI is InChI=1S/C16H13ClN2O/c1-20-15-7-5-14(6-8-15)19-10-9-18-16(19)12-3-2-4-13(17)11-12/h2-11H,1H3. The number of halogens is 1. The van der Waals surface area contributed by atoms with E-state index in [-0.39, 0.29) is 0 Å². The average Bonchev–Trinajstić information content (AvgIpc) is 2.97. The Kier molecular flexibility index (Phi) is 3.44. The highest BCUT2D eigenvalue weighted by Gasteiger charge is 2.08. The molecule has 0 aliphatic carbocycles. The summed E-state index contributed by atoms with van der Waals surface area (Å²) in [5.41, 5.74) is 2.01. The third kappa shape index (κ3) is 2.40. The average molecular weight is 285 g/mol. The summed E-state index contributed by atoms with van der Waals surface area (Å²) in [5.74, 6) is 1.69. The van der Waals surface area contributed by atoms with Gasteiger partial charge in [-0.3, -0.25) is 4.57 Å². The van der Waals surface area contributed by atoms with Crippen molar-refractivity contribution in [1.29, 1.82) is 0 Å². The van der Waals surface area contributed by atoms with E-state index in [9.17, 15) is 0 Å². The molecule has 100 valence electrons. The number of methoxy groups -OCH3 is 1. The van der Waals surface area contributed by atoms with Crippen LogP contribution >= 0.6 is 11.6 Å². The fourth-order valence-electron chi connectivity index (χ4n) is 2.10. The minimum absolute atomic E-state index is 0.701. The quantitative estimate of drug-likeness (QED) is 0.721. The van der Waals surface area contributed by atoms with Gasteiger partial charge in [-0.25, -0.2) is 4.98 Å². The number of ether oxygens (including phenoxy) is 1. The van der Waals surface area contributed by atoms with E-state index in [1.54, 1.807) is 13.3 Å². The van der Waals surface area contributed by atoms with Crippen LogP contribution in [0.15, 0.2) is 60.9 Å². The van der Waals surface area contributed by atoms with Gasteiger partial charge in [0.1, 0.15) is 11.6 Å². The molecule has 0 unspecified atom stereocenters. The van der Waals surface area contributed by atoms with Crippen molar-refractivity contribution in [3.8, 4) is 22.8 Å². The summed E-state index contributed by atoms with van der Waals surface area (Å²) >= 11 is 6.05. The van der Waals surface area contributed by atoms with Crippen LogP contribution in [0.4, 0.5) is 0 Å². The van der Waals surface area contributed by atoms with Crippen molar-refractivity contribution in [2.24, 2.45) is 0 Å². The number of nitrogens with zero attached hydrogens (tertiary/aromatic N) is 2. The third-order valence-electron chi connectivity index (χ3n) is 3.07. The molecule has 0 saturated carbocycles. The van der Waals surface area contributed by atoms with Gasteiger partial charge < -0.3 is 4.74 Å². The molecule has 4 heteroatoms. The normalized spacial score (nSPS) is 10.5. The Balaban J connectivity index is 2.05. The predicted molar refractivity (Wildman–Crippen MR) is 80.6 cm³/mol. The number of hydrogen-bond acceptors (Lipinski definition) is 2. The zero-order valence-corrected chi connectivity index (χ0v) is 11.7. The summed E-state index contributed by atoms with van der Waals surface area (Å²) in [6.45, 7) is 0. The second-order valence-corrected chi connectivity index (χ2v) is 4.77. The van der Waals surface area contributed by atoms with E-state index in [1.165, 1.54) is 0 Å². The van der Waals surface area contributed by atoms with Crippen molar-refractivity contribution < 1.29 is 4.74 Å². The molecule has 0 spiro atoms. The van der Waals surface area contributed by atoms with Crippen LogP contribution in [0, 0.1) is 0 Å². The van der Waals surface area contributed by atoms with Gasteiger partial charge >= 0.3 is 0 Å². The molecule has 0 fully saturated rings. The molecule has 3 nitrogen and oxygen atoms in total. The molecule has 1 heterocycles. The highest BCUT2D eigenvalue weighted by Crippen LogP contribution is 2.24. The molecule has 0 radical (unpaired) electrons. The Morgan fingerprint density at radius 3 is 2.60 bits per heavy atom. The Morgan fingerprint density at radius 2 is 1.90 bits per heavy atom. The maximum absolute atomic E-state index is 6.05. The molecular formula is C16H13ClN2O. The Labute approximate surface area is 122 Å². The topological polar surface area (TPSA) is 27.1 Å². The van der Waals surface area contributed by atoms with Gasteiger partial charge in [-0.1, -0.05) is 23.7 Å². The van der Waals surface area contributed by atoms with Crippen molar-refractivity contribution >= 4 is 11.6 Å².